The fourth-order valence-electron chi connectivity index (χ4n) is 10.1. The van der Waals surface area contributed by atoms with Crippen molar-refractivity contribution in [3.63, 3.8) is 0 Å². The maximum Gasteiger partial charge on any atom is 0.527 e. The molecule has 0 aromatic heterocycles. The third kappa shape index (κ3) is 3.11. The van der Waals surface area contributed by atoms with Gasteiger partial charge in [-0.25, -0.2) is 4.57 Å². The van der Waals surface area contributed by atoms with Crippen LogP contribution in [0.4, 0.5) is 0 Å². The Balaban J connectivity index is 0.989. The molecule has 9 rings (SSSR count). The Labute approximate surface area is 250 Å². The van der Waals surface area contributed by atoms with Crippen LogP contribution in [-0.2, 0) is 30.3 Å². The Morgan fingerprint density at radius 1 is 0.953 bits per heavy atom. The number of benzene rings is 3. The third-order valence-electron chi connectivity index (χ3n) is 11.9. The summed E-state index contributed by atoms with van der Waals surface area (Å²) in [6, 6.07) is 24.4. The van der Waals surface area contributed by atoms with Gasteiger partial charge in [0.1, 0.15) is 0 Å². The molecule has 7 unspecified atom stereocenters. The summed E-state index contributed by atoms with van der Waals surface area (Å²) >= 11 is 0. The topological polar surface area (TPSA) is 105 Å². The van der Waals surface area contributed by atoms with Gasteiger partial charge in [-0.15, -0.1) is 0 Å². The first kappa shape index (κ1) is 26.4. The van der Waals surface area contributed by atoms with E-state index in [1.54, 1.807) is 6.07 Å². The molecule has 2 spiro atoms. The maximum atomic E-state index is 13.5. The van der Waals surface area contributed by atoms with Crippen LogP contribution < -0.4 is 9.26 Å². The van der Waals surface area contributed by atoms with Crippen LogP contribution in [0.25, 0.3) is 0 Å². The van der Waals surface area contributed by atoms with E-state index < -0.39 is 31.0 Å². The van der Waals surface area contributed by atoms with Gasteiger partial charge in [-0.3, -0.25) is 19.1 Å². The number of piperidine rings is 1. The highest BCUT2D eigenvalue weighted by molar-refractivity contribution is 7.47. The number of phosphoric acid groups is 1. The molecule has 3 aromatic rings. The Bertz CT molecular complexity index is 1680. The largest absolute Gasteiger partial charge is 0.527 e. The van der Waals surface area contributed by atoms with Crippen LogP contribution in [0.3, 0.4) is 0 Å². The number of phosphoric ester groups is 1. The number of hydrogen-bond acceptors (Lipinski definition) is 7. The van der Waals surface area contributed by atoms with Crippen LogP contribution in [0.2, 0.25) is 0 Å². The van der Waals surface area contributed by atoms with Crippen molar-refractivity contribution in [2.45, 2.75) is 85.2 Å². The Kier molecular flexibility index (Phi) is 5.14. The smallest absolute Gasteiger partial charge is 0.477 e. The van der Waals surface area contributed by atoms with Crippen molar-refractivity contribution in [3.05, 3.63) is 95.1 Å². The second-order valence-electron chi connectivity index (χ2n) is 13.5. The summed E-state index contributed by atoms with van der Waals surface area (Å²) in [7, 11) is -2.53. The molecule has 8 nitrogen and oxygen atoms in total. The second kappa shape index (κ2) is 8.38. The average molecular weight is 600 g/mol. The zero-order valence-corrected chi connectivity index (χ0v) is 24.8. The summed E-state index contributed by atoms with van der Waals surface area (Å²) in [6.07, 6.45) is 2.70. The predicted octanol–water partition coefficient (Wildman–Crippen LogP) is 5.13. The van der Waals surface area contributed by atoms with Gasteiger partial charge in [0.15, 0.2) is 23.4 Å². The minimum Gasteiger partial charge on any atom is -0.477 e. The molecule has 43 heavy (non-hydrogen) atoms. The van der Waals surface area contributed by atoms with E-state index in [0.29, 0.717) is 31.4 Å². The van der Waals surface area contributed by atoms with Crippen molar-refractivity contribution < 1.29 is 33.1 Å². The second-order valence-corrected chi connectivity index (χ2v) is 14.8. The van der Waals surface area contributed by atoms with Gasteiger partial charge in [0.05, 0.1) is 28.7 Å². The molecule has 3 aromatic carbocycles. The Morgan fingerprint density at radius 2 is 1.60 bits per heavy atom. The summed E-state index contributed by atoms with van der Waals surface area (Å²) in [6.45, 7) is 0. The highest BCUT2D eigenvalue weighted by atomic mass is 31.2. The number of aliphatic hydroxyl groups is 1. The molecule has 0 amide bonds. The van der Waals surface area contributed by atoms with Crippen molar-refractivity contribution in [1.82, 2.24) is 4.90 Å². The summed E-state index contributed by atoms with van der Waals surface area (Å²) in [4.78, 5) is 26.4. The molecule has 2 heterocycles. The number of Topliss-reactive ketones (excluding diaryl/α,β-unsaturated/α-hetero) is 1. The van der Waals surface area contributed by atoms with Gasteiger partial charge < -0.3 is 14.4 Å². The number of fused-ring (bicyclic) bond motifs is 1. The van der Waals surface area contributed by atoms with E-state index >= 15 is 0 Å². The molecule has 4 fully saturated rings. The number of nitrogens with zero attached hydrogens (tertiary/aromatic N) is 1. The van der Waals surface area contributed by atoms with Crippen LogP contribution in [0.1, 0.15) is 67.2 Å². The first-order valence-corrected chi connectivity index (χ1v) is 16.8. The SMILES string of the molecule is CN1C2C13CC14c5c3ccc(OP(=O)(O)OC3CCC(c6ccccc6)(c6ccccc6)CC3)c5OC1C(=O)CCC24O. The van der Waals surface area contributed by atoms with Crippen molar-refractivity contribution in [2.24, 2.45) is 0 Å². The average Bonchev–Trinajstić information content (AvgIpc) is 3.25. The maximum absolute atomic E-state index is 13.5. The zero-order valence-electron chi connectivity index (χ0n) is 23.9. The molecule has 7 atom stereocenters. The van der Waals surface area contributed by atoms with Crippen molar-refractivity contribution in [3.8, 4) is 11.5 Å². The van der Waals surface area contributed by atoms with Crippen LogP contribution in [-0.4, -0.2) is 51.6 Å². The number of likely N-dealkylation sites (tertiary alicyclic amines) is 1. The van der Waals surface area contributed by atoms with Crippen LogP contribution >= 0.6 is 7.82 Å². The molecule has 2 bridgehead atoms. The van der Waals surface area contributed by atoms with Crippen LogP contribution in [0, 0.1) is 0 Å². The quantitative estimate of drug-likeness (QED) is 0.297. The lowest BCUT2D eigenvalue weighted by Gasteiger charge is -2.47. The Morgan fingerprint density at radius 3 is 2.26 bits per heavy atom. The normalized spacial score (nSPS) is 37.3. The molecule has 2 N–H and O–H groups in total. The van der Waals surface area contributed by atoms with Gasteiger partial charge in [0.2, 0.25) is 0 Å². The van der Waals surface area contributed by atoms with E-state index in [9.17, 15) is 19.4 Å². The number of likely N-dealkylation sites (N-methyl/N-ethyl adjacent to an activating group) is 1. The van der Waals surface area contributed by atoms with Gasteiger partial charge in [-0.05, 0) is 68.3 Å². The first-order chi connectivity index (χ1) is 20.7. The number of rotatable bonds is 6. The van der Waals surface area contributed by atoms with Crippen molar-refractivity contribution >= 4 is 13.6 Å². The van der Waals surface area contributed by atoms with Gasteiger partial charge in [-0.1, -0.05) is 66.7 Å². The Hall–Kier alpha value is -3.00. The van der Waals surface area contributed by atoms with E-state index in [4.69, 9.17) is 13.8 Å². The number of ether oxygens (including phenoxy) is 1. The van der Waals surface area contributed by atoms with Crippen LogP contribution in [0.5, 0.6) is 11.5 Å². The van der Waals surface area contributed by atoms with E-state index in [1.807, 2.05) is 25.2 Å². The van der Waals surface area contributed by atoms with Crippen molar-refractivity contribution in [1.29, 1.82) is 0 Å². The lowest BCUT2D eigenvalue weighted by Crippen LogP contribution is -2.64. The number of ketones is 1. The van der Waals surface area contributed by atoms with Gasteiger partial charge in [-0.2, -0.15) is 0 Å². The molecule has 4 aliphatic carbocycles. The molecule has 6 aliphatic rings. The van der Waals surface area contributed by atoms with Crippen LogP contribution in [0.15, 0.2) is 72.8 Å². The standard InChI is InChI=1S/C34H34NO7P/c1-35-30-33(35)20-32-27-24(33)12-13-26(28(27)40-29(32)25(36)16-19-34(30,32)37)42-43(38,39)41-23-14-17-31(18-15-23,21-8-4-2-5-9-21)22-10-6-3-7-11-22/h2-13,23,29-30,37H,14-20H2,1H3,(H,38,39). The molecular formula is C34H34NO7P. The lowest BCUT2D eigenvalue weighted by atomic mass is 9.59. The summed E-state index contributed by atoms with van der Waals surface area (Å²) in [5.41, 5.74) is 1.82. The molecule has 0 radical (unpaired) electrons. The van der Waals surface area contributed by atoms with E-state index in [-0.39, 0.29) is 34.9 Å². The minimum atomic E-state index is -4.55. The fraction of sp³-hybridized carbons (Fsp3) is 0.441. The minimum absolute atomic E-state index is 0.0373. The number of carbonyl (C=O) groups excluding carboxylic acids is 1. The first-order valence-electron chi connectivity index (χ1n) is 15.3. The molecule has 1 saturated heterocycles. The lowest BCUT2D eigenvalue weighted by molar-refractivity contribution is -0.148. The van der Waals surface area contributed by atoms with Gasteiger partial charge >= 0.3 is 7.82 Å². The molecular weight excluding hydrogens is 565 g/mol. The highest BCUT2D eigenvalue weighted by Gasteiger charge is 2.91. The highest BCUT2D eigenvalue weighted by Crippen LogP contribution is 2.82. The third-order valence-corrected chi connectivity index (χ3v) is 12.9. The predicted molar refractivity (Wildman–Crippen MR) is 157 cm³/mol. The van der Waals surface area contributed by atoms with Gasteiger partial charge in [0, 0.05) is 17.4 Å². The molecule has 2 aliphatic heterocycles. The number of carbonyl (C=O) groups is 1. The molecule has 222 valence electrons. The molecule has 9 heteroatoms. The monoisotopic (exact) mass is 599 g/mol. The van der Waals surface area contributed by atoms with E-state index in [1.165, 1.54) is 11.1 Å². The molecule has 3 saturated carbocycles. The summed E-state index contributed by atoms with van der Waals surface area (Å²) < 4.78 is 31.3. The zero-order chi connectivity index (χ0) is 29.4. The van der Waals surface area contributed by atoms with Gasteiger partial charge in [0.25, 0.3) is 0 Å². The fourth-order valence-corrected chi connectivity index (χ4v) is 11.1. The van der Waals surface area contributed by atoms with E-state index in [0.717, 1.165) is 24.0 Å². The van der Waals surface area contributed by atoms with E-state index in [2.05, 4.69) is 53.4 Å². The summed E-state index contributed by atoms with van der Waals surface area (Å²) in [5, 5.41) is 12.0. The van der Waals surface area contributed by atoms with Crippen molar-refractivity contribution in [2.75, 3.05) is 7.05 Å². The number of hydrogen-bond donors (Lipinski definition) is 2. The summed E-state index contributed by atoms with van der Waals surface area (Å²) in [5.74, 6) is 0.358.